The van der Waals surface area contributed by atoms with Crippen molar-refractivity contribution in [3.8, 4) is 0 Å². The number of halogens is 1. The molecule has 18 atom stereocenters. The van der Waals surface area contributed by atoms with E-state index in [0.717, 1.165) is 0 Å². The lowest BCUT2D eigenvalue weighted by Crippen LogP contribution is -2.66. The van der Waals surface area contributed by atoms with Gasteiger partial charge in [0.15, 0.2) is 12.6 Å². The summed E-state index contributed by atoms with van der Waals surface area (Å²) in [5.74, 6) is -5.56. The number of hydrogen-bond donors (Lipinski definition) is 16. The highest BCUT2D eigenvalue weighted by atomic mass is 35.7. The number of rotatable bonds is 8. The molecule has 0 radical (unpaired) electrons. The summed E-state index contributed by atoms with van der Waals surface area (Å²) in [6.07, 6.45) is -26.8. The number of carbonyl (C=O) groups is 1. The highest BCUT2D eigenvalue weighted by Gasteiger charge is 2.63. The van der Waals surface area contributed by atoms with Gasteiger partial charge < -0.3 is 110 Å². The van der Waals surface area contributed by atoms with Gasteiger partial charge in [0.2, 0.25) is 30.6 Å². The summed E-state index contributed by atoms with van der Waals surface area (Å²) < 4.78 is 101. The lowest BCUT2D eigenvalue weighted by atomic mass is 9.97. The van der Waals surface area contributed by atoms with Crippen LogP contribution in [0.25, 0.3) is 0 Å². The van der Waals surface area contributed by atoms with Crippen molar-refractivity contribution in [3.05, 3.63) is 0 Å². The first-order chi connectivity index (χ1) is 26.6. The monoisotopic (exact) mass is 937 g/mol. The number of aliphatic hydroxyl groups excluding tert-OH is 9. The van der Waals surface area contributed by atoms with E-state index in [0.29, 0.717) is 0 Å². The topological polar surface area (TPSA) is 498 Å². The molecule has 0 aromatic carbocycles. The maximum atomic E-state index is 10.7. The summed E-state index contributed by atoms with van der Waals surface area (Å²) in [5.41, 5.74) is 4.17. The number of fused-ring (bicyclic) bond motifs is 4. The van der Waals surface area contributed by atoms with Gasteiger partial charge in [-0.3, -0.25) is 13.9 Å². The summed E-state index contributed by atoms with van der Waals surface area (Å²) in [6, 6.07) is 0. The second-order valence-corrected chi connectivity index (χ2v) is 15.9. The molecule has 4 bridgehead atoms. The zero-order valence-electron chi connectivity index (χ0n) is 29.0. The van der Waals surface area contributed by atoms with Crippen molar-refractivity contribution in [2.24, 2.45) is 5.73 Å². The fourth-order valence-corrected chi connectivity index (χ4v) is 6.37. The Morgan fingerprint density at radius 2 is 1.00 bits per heavy atom. The zero-order chi connectivity index (χ0) is 44.3. The maximum Gasteiger partial charge on any atom is 0.397 e. The van der Waals surface area contributed by atoms with Gasteiger partial charge in [-0.15, -0.1) is 0 Å². The van der Waals surface area contributed by atoms with E-state index < -0.39 is 155 Å². The average Bonchev–Trinajstić information content (AvgIpc) is 3.64. The van der Waals surface area contributed by atoms with Crippen LogP contribution in [0.4, 0.5) is 0 Å². The standard InChI is InChI=1S/C12H20O14S.C12H20O11.CH3NO.CH4.ClHO3S/c13-5-3(2-23-27(19,20)21)24-10(7(15)6(5)14)26-8-4-1-22-9(8)12(17,18)11(16)25-4;13-1-3-5(14)6(15)7(16)10(21-3)23-8-4-2-20-9(8)12(18,19)11(17)22-4;2-1-3;;1-5(2,3)4/h3-11,13-18H,1-2H2,(H,19,20,21);3-11,13-19H,1-2H2;1H,(H2,2,3);1H4;(H,2,3,4)/t2*3?,4?,5-,6-,7?,8+,9-,10-,11+;;;/m00.../s1. The van der Waals surface area contributed by atoms with Gasteiger partial charge >= 0.3 is 19.7 Å². The first-order valence-electron chi connectivity index (χ1n) is 16.2. The molecule has 6 aliphatic rings. The van der Waals surface area contributed by atoms with E-state index in [-0.39, 0.29) is 27.1 Å². The van der Waals surface area contributed by atoms with E-state index >= 15 is 0 Å². The predicted molar refractivity (Wildman–Crippen MR) is 178 cm³/mol. The highest BCUT2D eigenvalue weighted by Crippen LogP contribution is 2.39. The predicted octanol–water partition coefficient (Wildman–Crippen LogP) is -10.5. The van der Waals surface area contributed by atoms with Crippen LogP contribution in [0.2, 0.25) is 0 Å². The minimum atomic E-state index is -4.86. The van der Waals surface area contributed by atoms with Crippen LogP contribution in [0, 0.1) is 0 Å². The van der Waals surface area contributed by atoms with E-state index in [1.165, 1.54) is 0 Å². The number of ether oxygens (including phenoxy) is 8. The molecule has 0 aromatic rings. The summed E-state index contributed by atoms with van der Waals surface area (Å²) >= 11 is 0. The van der Waals surface area contributed by atoms with Crippen molar-refractivity contribution in [1.82, 2.24) is 0 Å². The highest BCUT2D eigenvalue weighted by molar-refractivity contribution is 8.09. The van der Waals surface area contributed by atoms with Gasteiger partial charge in [-0.25, -0.2) is 4.18 Å². The van der Waals surface area contributed by atoms with Gasteiger partial charge in [-0.05, 0) is 0 Å². The summed E-state index contributed by atoms with van der Waals surface area (Å²) in [5, 5.41) is 127. The fraction of sp³-hybridized carbons (Fsp3) is 0.962. The number of nitrogens with two attached hydrogens (primary N) is 1. The molecule has 6 heterocycles. The van der Waals surface area contributed by atoms with Crippen LogP contribution in [0.1, 0.15) is 7.43 Å². The Morgan fingerprint density at radius 1 is 0.661 bits per heavy atom. The van der Waals surface area contributed by atoms with Crippen molar-refractivity contribution < 1.29 is 139 Å². The molecule has 350 valence electrons. The molecule has 6 rings (SSSR count). The normalized spacial score (nSPS) is 43.3. The molecule has 33 heteroatoms. The van der Waals surface area contributed by atoms with Crippen LogP contribution in [0.5, 0.6) is 0 Å². The summed E-state index contributed by atoms with van der Waals surface area (Å²) in [4.78, 5) is 8.58. The molecule has 1 amide bonds. The Balaban J connectivity index is 0.000000342. The number of carbonyl (C=O) groups excluding carboxylic acids is 1. The quantitative estimate of drug-likeness (QED) is 0.0465. The van der Waals surface area contributed by atoms with E-state index in [1.54, 1.807) is 0 Å². The SMILES string of the molecule is C.NC=O.O=S(=O)(O)Cl.O=S(=O)(O)OCC1O[C@@H](O[C@@H]2C3CO[C@@H]2C(O)(O)[C@H](O)O3)C(O)[C@@H](O)[C@H]1O.OCC1O[C@@H](O[C@@H]2C3CO[C@@H]2C(O)(O)[C@H](O)O3)C(O)[C@@H](O)[C@H]1O. The Hall–Kier alpha value is -1.30. The second-order valence-electron chi connectivity index (χ2n) is 12.8. The van der Waals surface area contributed by atoms with Crippen molar-refractivity contribution >= 4 is 36.8 Å². The van der Waals surface area contributed by atoms with Gasteiger partial charge in [0, 0.05) is 10.7 Å². The Kier molecular flexibility index (Phi) is 19.5. The van der Waals surface area contributed by atoms with Crippen LogP contribution in [-0.4, -0.2) is 247 Å². The Morgan fingerprint density at radius 3 is 1.34 bits per heavy atom. The van der Waals surface area contributed by atoms with Crippen molar-refractivity contribution in [1.29, 1.82) is 0 Å². The van der Waals surface area contributed by atoms with Gasteiger partial charge in [0.1, 0.15) is 85.5 Å². The molecule has 0 aromatic heterocycles. The molecule has 30 nitrogen and oxygen atoms in total. The smallest absolute Gasteiger partial charge is 0.394 e. The lowest BCUT2D eigenvalue weighted by molar-refractivity contribution is -0.391. The molecule has 0 aliphatic carbocycles. The number of amides is 1. The molecular formula is C26H48ClNO29S2. The average molecular weight is 938 g/mol. The third kappa shape index (κ3) is 13.4. The van der Waals surface area contributed by atoms with E-state index in [2.05, 4.69) is 20.6 Å². The number of primary amides is 1. The minimum Gasteiger partial charge on any atom is -0.394 e. The molecule has 6 fully saturated rings. The van der Waals surface area contributed by atoms with Crippen LogP contribution >= 0.6 is 10.7 Å². The molecule has 0 spiro atoms. The third-order valence-electron chi connectivity index (χ3n) is 8.86. The number of hydrogen-bond acceptors (Lipinski definition) is 27. The molecular weight excluding hydrogens is 890 g/mol. The van der Waals surface area contributed by atoms with Gasteiger partial charge in [-0.2, -0.15) is 16.8 Å². The Labute approximate surface area is 337 Å². The fourth-order valence-electron chi connectivity index (χ4n) is 6.07. The molecule has 0 saturated carbocycles. The second kappa shape index (κ2) is 21.4. The summed E-state index contributed by atoms with van der Waals surface area (Å²) in [6.45, 7) is -1.81. The van der Waals surface area contributed by atoms with Crippen LogP contribution in [0.15, 0.2) is 0 Å². The summed E-state index contributed by atoms with van der Waals surface area (Å²) in [7, 11) is -5.00. The van der Waals surface area contributed by atoms with Crippen molar-refractivity contribution in [3.63, 3.8) is 0 Å². The zero-order valence-corrected chi connectivity index (χ0v) is 31.4. The van der Waals surface area contributed by atoms with Gasteiger partial charge in [0.25, 0.3) is 0 Å². The van der Waals surface area contributed by atoms with Crippen molar-refractivity contribution in [2.75, 3.05) is 26.4 Å². The number of aliphatic hydroxyl groups is 13. The molecule has 6 aliphatic heterocycles. The first kappa shape index (κ1) is 53.8. The lowest BCUT2D eigenvalue weighted by Gasteiger charge is -2.44. The maximum absolute atomic E-state index is 10.7. The Bertz CT molecular complexity index is 1530. The molecule has 6 saturated heterocycles. The van der Waals surface area contributed by atoms with E-state index in [9.17, 15) is 69.7 Å². The minimum absolute atomic E-state index is 0. The van der Waals surface area contributed by atoms with Crippen molar-refractivity contribution in [2.45, 2.75) is 130 Å². The largest absolute Gasteiger partial charge is 0.397 e. The van der Waals surface area contributed by atoms with E-state index in [1.807, 2.05) is 0 Å². The first-order valence-corrected chi connectivity index (χ1v) is 19.8. The van der Waals surface area contributed by atoms with Gasteiger partial charge in [0.05, 0.1) is 26.4 Å². The van der Waals surface area contributed by atoms with E-state index in [4.69, 9.17) is 65.3 Å². The van der Waals surface area contributed by atoms with Crippen LogP contribution in [-0.2, 0) is 66.6 Å². The van der Waals surface area contributed by atoms with Crippen LogP contribution < -0.4 is 5.73 Å². The molecule has 17 N–H and O–H groups in total. The molecule has 6 unspecified atom stereocenters. The third-order valence-corrected chi connectivity index (χ3v) is 9.30. The van der Waals surface area contributed by atoms with Gasteiger partial charge in [-0.1, -0.05) is 7.43 Å². The molecule has 59 heavy (non-hydrogen) atoms. The van der Waals surface area contributed by atoms with Crippen LogP contribution in [0.3, 0.4) is 0 Å².